The number of pyridine rings is 1. The molecule has 19 heteroatoms. The number of methoxy groups -OCH3 is 1. The predicted molar refractivity (Wildman–Crippen MR) is 236 cm³/mol. The number of likely N-dealkylation sites (tertiary alicyclic amines) is 1. The second-order valence-corrected chi connectivity index (χ2v) is 19.5. The summed E-state index contributed by atoms with van der Waals surface area (Å²) in [4.78, 5) is 78.4. The van der Waals surface area contributed by atoms with Gasteiger partial charge in [-0.25, -0.2) is 23.2 Å². The number of thiazole rings is 1. The maximum absolute atomic E-state index is 14.7. The van der Waals surface area contributed by atoms with Crippen LogP contribution in [0.25, 0.3) is 22.3 Å². The van der Waals surface area contributed by atoms with E-state index in [1.165, 1.54) is 43.3 Å². The first-order valence-corrected chi connectivity index (χ1v) is 23.0. The molecule has 62 heavy (non-hydrogen) atoms. The van der Waals surface area contributed by atoms with Crippen molar-refractivity contribution in [2.75, 3.05) is 19.0 Å². The van der Waals surface area contributed by atoms with E-state index in [0.717, 1.165) is 19.3 Å². The first-order chi connectivity index (χ1) is 29.2. The highest BCUT2D eigenvalue weighted by Crippen LogP contribution is 2.36. The van der Waals surface area contributed by atoms with Gasteiger partial charge in [0.25, 0.3) is 5.91 Å². The minimum atomic E-state index is -3.97. The second kappa shape index (κ2) is 20.1. The molecule has 2 aromatic heterocycles. The third-order valence-corrected chi connectivity index (χ3v) is 12.8. The number of carbonyl (C=O) groups excluding carboxylic acids is 5. The summed E-state index contributed by atoms with van der Waals surface area (Å²) in [6.07, 6.45) is 5.37. The lowest BCUT2D eigenvalue weighted by Crippen LogP contribution is -2.61. The Kier molecular flexibility index (Phi) is 15.4. The van der Waals surface area contributed by atoms with Crippen molar-refractivity contribution < 1.29 is 46.6 Å². The number of unbranched alkanes of at least 4 members (excludes halogenated alkanes) is 3. The number of nitrogens with zero attached hydrogens (tertiary/aromatic N) is 3. The van der Waals surface area contributed by atoms with E-state index >= 15 is 0 Å². The van der Waals surface area contributed by atoms with E-state index in [9.17, 15) is 32.4 Å². The van der Waals surface area contributed by atoms with Gasteiger partial charge < -0.3 is 35.1 Å². The summed E-state index contributed by atoms with van der Waals surface area (Å²) in [5.41, 5.74) is -1.26. The number of fused-ring (bicyclic) bond motifs is 1. The molecular formula is C43H57N7O10S2. The smallest absolute Gasteiger partial charge is 0.408 e. The third-order valence-electron chi connectivity index (χ3n) is 10.2. The molecule has 2 fully saturated rings. The molecular weight excluding hydrogens is 839 g/mol. The zero-order valence-electron chi connectivity index (χ0n) is 36.1. The molecule has 1 unspecified atom stereocenters. The van der Waals surface area contributed by atoms with Gasteiger partial charge in [-0.15, -0.1) is 24.5 Å². The van der Waals surface area contributed by atoms with E-state index in [1.807, 2.05) is 6.08 Å². The molecule has 3 heterocycles. The van der Waals surface area contributed by atoms with Crippen LogP contribution in [0.5, 0.6) is 11.5 Å². The standard InChI is InChI=1S/C43H57N7O10S2/c1-9-11-12-13-14-15-31(47-41(55)60-42(4,5)6)38(53)50-24-28(22-35(50)37(52)48-43(7,20-10-2)39(54)49-62(56,57)29-17-18-29)59-36-23-33(34-25-61-40(46-34)44-26(3)51)45-32-21-27(58-8)16-19-30(32)36/h9-10,16,19,21,23,25,28-29,31,35H,1-2,11-15,17-18,20,22,24H2,3-8H3,(H,47,55)(H,48,52)(H,49,54)(H,44,46,51)/t28?,31-,35-,43+/m0/s1. The molecule has 3 aromatic rings. The van der Waals surface area contributed by atoms with Gasteiger partial charge in [0.05, 0.1) is 30.1 Å². The lowest BCUT2D eigenvalue weighted by molar-refractivity contribution is -0.142. The number of anilines is 1. The van der Waals surface area contributed by atoms with E-state index in [4.69, 9.17) is 19.2 Å². The number of carbonyl (C=O) groups is 5. The zero-order valence-corrected chi connectivity index (χ0v) is 37.7. The Bertz CT molecular complexity index is 2290. The van der Waals surface area contributed by atoms with Crippen LogP contribution in [0.1, 0.15) is 92.4 Å². The van der Waals surface area contributed by atoms with E-state index in [1.54, 1.807) is 50.4 Å². The van der Waals surface area contributed by atoms with Gasteiger partial charge in [-0.2, -0.15) is 0 Å². The van der Waals surface area contributed by atoms with Crippen LogP contribution in [0.2, 0.25) is 0 Å². The van der Waals surface area contributed by atoms with E-state index in [2.05, 4.69) is 38.8 Å². The van der Waals surface area contributed by atoms with Crippen molar-refractivity contribution in [3.8, 4) is 22.9 Å². The molecule has 1 saturated carbocycles. The Labute approximate surface area is 366 Å². The Morgan fingerprint density at radius 1 is 1.02 bits per heavy atom. The fourth-order valence-electron chi connectivity index (χ4n) is 6.96. The first-order valence-electron chi connectivity index (χ1n) is 20.5. The van der Waals surface area contributed by atoms with Gasteiger partial charge >= 0.3 is 6.09 Å². The molecule has 0 spiro atoms. The van der Waals surface area contributed by atoms with Crippen LogP contribution in [-0.2, 0) is 33.9 Å². The summed E-state index contributed by atoms with van der Waals surface area (Å²) >= 11 is 1.22. The average molecular weight is 896 g/mol. The number of benzene rings is 1. The number of nitrogens with one attached hydrogen (secondary N) is 4. The summed E-state index contributed by atoms with van der Waals surface area (Å²) in [7, 11) is -2.45. The van der Waals surface area contributed by atoms with Gasteiger partial charge in [0, 0.05) is 36.2 Å². The first kappa shape index (κ1) is 47.5. The van der Waals surface area contributed by atoms with Gasteiger partial charge in [-0.05, 0) is 78.4 Å². The van der Waals surface area contributed by atoms with Crippen LogP contribution in [-0.4, -0.2) is 101 Å². The molecule has 1 saturated heterocycles. The second-order valence-electron chi connectivity index (χ2n) is 16.7. The maximum atomic E-state index is 14.7. The quantitative estimate of drug-likeness (QED) is 0.0785. The average Bonchev–Trinajstić information content (AvgIpc) is 3.83. The molecule has 5 amide bonds. The Morgan fingerprint density at radius 3 is 2.40 bits per heavy atom. The van der Waals surface area contributed by atoms with E-state index < -0.39 is 68.4 Å². The minimum Gasteiger partial charge on any atom is -0.497 e. The Morgan fingerprint density at radius 2 is 1.76 bits per heavy atom. The van der Waals surface area contributed by atoms with Crippen LogP contribution in [0.15, 0.2) is 55.0 Å². The highest BCUT2D eigenvalue weighted by Gasteiger charge is 2.47. The van der Waals surface area contributed by atoms with Crippen molar-refractivity contribution in [3.63, 3.8) is 0 Å². The van der Waals surface area contributed by atoms with E-state index in [0.29, 0.717) is 58.2 Å². The minimum absolute atomic E-state index is 0.0547. The molecule has 0 bridgehead atoms. The number of aromatic nitrogens is 2. The van der Waals surface area contributed by atoms with Crippen LogP contribution in [0.4, 0.5) is 9.93 Å². The van der Waals surface area contributed by atoms with Crippen molar-refractivity contribution >= 4 is 67.1 Å². The molecule has 4 atom stereocenters. The zero-order chi connectivity index (χ0) is 45.4. The number of ether oxygens (including phenoxy) is 3. The molecule has 336 valence electrons. The molecule has 5 rings (SSSR count). The molecule has 1 aliphatic carbocycles. The lowest BCUT2D eigenvalue weighted by Gasteiger charge is -2.33. The summed E-state index contributed by atoms with van der Waals surface area (Å²) in [5, 5.41) is 10.1. The molecule has 2 aliphatic rings. The summed E-state index contributed by atoms with van der Waals surface area (Å²) in [6.45, 7) is 15.3. The lowest BCUT2D eigenvalue weighted by atomic mass is 9.96. The third kappa shape index (κ3) is 12.5. The Balaban J connectivity index is 1.51. The van der Waals surface area contributed by atoms with Gasteiger partial charge in [0.15, 0.2) is 5.13 Å². The molecule has 4 N–H and O–H groups in total. The number of hydrogen-bond donors (Lipinski definition) is 4. The number of allylic oxidation sites excluding steroid dienone is 1. The predicted octanol–water partition coefficient (Wildman–Crippen LogP) is 5.76. The van der Waals surface area contributed by atoms with Crippen LogP contribution >= 0.6 is 11.3 Å². The van der Waals surface area contributed by atoms with Crippen molar-refractivity contribution in [2.24, 2.45) is 0 Å². The fourth-order valence-corrected chi connectivity index (χ4v) is 9.11. The van der Waals surface area contributed by atoms with Crippen molar-refractivity contribution in [1.29, 1.82) is 0 Å². The van der Waals surface area contributed by atoms with Crippen LogP contribution in [0.3, 0.4) is 0 Å². The maximum Gasteiger partial charge on any atom is 0.408 e. The summed E-state index contributed by atoms with van der Waals surface area (Å²) < 4.78 is 45.4. The van der Waals surface area contributed by atoms with Crippen molar-refractivity contribution in [3.05, 3.63) is 55.0 Å². The highest BCUT2D eigenvalue weighted by molar-refractivity contribution is 7.91. The van der Waals surface area contributed by atoms with Crippen LogP contribution in [0, 0.1) is 0 Å². The van der Waals surface area contributed by atoms with Crippen LogP contribution < -0.4 is 30.1 Å². The Hall–Kier alpha value is -5.56. The fraction of sp³-hybridized carbons (Fsp3) is 0.512. The monoisotopic (exact) mass is 895 g/mol. The van der Waals surface area contributed by atoms with E-state index in [-0.39, 0.29) is 31.7 Å². The topological polar surface area (TPSA) is 224 Å². The molecule has 0 radical (unpaired) electrons. The number of rotatable bonds is 20. The summed E-state index contributed by atoms with van der Waals surface area (Å²) in [6, 6.07) is 4.59. The van der Waals surface area contributed by atoms with Gasteiger partial charge in [0.2, 0.25) is 27.7 Å². The SMILES string of the molecule is C=CCCCCC[C@H](NC(=O)OC(C)(C)C)C(=O)N1CC(Oc2cc(-c3csc(NC(C)=O)n3)nc3cc(OC)ccc23)C[C@H]1C(=O)N[C@](C)(CC=C)C(=O)NS(=O)(=O)C1CC1. The number of alkyl carbamates (subject to hydrolysis) is 1. The van der Waals surface area contributed by atoms with Gasteiger partial charge in [-0.3, -0.25) is 23.9 Å². The normalized spacial score (nSPS) is 17.9. The number of hydrogen-bond acceptors (Lipinski definition) is 13. The van der Waals surface area contributed by atoms with Crippen molar-refractivity contribution in [1.82, 2.24) is 30.2 Å². The summed E-state index contributed by atoms with van der Waals surface area (Å²) in [5.74, 6) is -1.66. The highest BCUT2D eigenvalue weighted by atomic mass is 32.2. The van der Waals surface area contributed by atoms with Gasteiger partial charge in [0.1, 0.15) is 46.5 Å². The van der Waals surface area contributed by atoms with Gasteiger partial charge in [-0.1, -0.05) is 25.0 Å². The number of sulfonamides is 1. The number of amides is 5. The molecule has 1 aromatic carbocycles. The molecule has 1 aliphatic heterocycles. The van der Waals surface area contributed by atoms with Crippen molar-refractivity contribution in [2.45, 2.75) is 127 Å². The molecule has 17 nitrogen and oxygen atoms in total. The largest absolute Gasteiger partial charge is 0.497 e.